The summed E-state index contributed by atoms with van der Waals surface area (Å²) in [7, 11) is 0. The maximum atomic E-state index is 3.71. The molecule has 2 N–H and O–H groups in total. The van der Waals surface area contributed by atoms with Crippen LogP contribution in [0.5, 0.6) is 0 Å². The van der Waals surface area contributed by atoms with Gasteiger partial charge in [0, 0.05) is 24.8 Å². The highest BCUT2D eigenvalue weighted by Crippen LogP contribution is 2.26. The molecular weight excluding hydrogens is 208 g/mol. The van der Waals surface area contributed by atoms with Crippen LogP contribution in [-0.2, 0) is 13.0 Å². The van der Waals surface area contributed by atoms with Gasteiger partial charge in [-0.3, -0.25) is 0 Å². The highest BCUT2D eigenvalue weighted by molar-refractivity contribution is 5.59. The molecule has 3 rings (SSSR count). The van der Waals surface area contributed by atoms with Gasteiger partial charge in [-0.15, -0.1) is 0 Å². The number of hydrogen-bond donors (Lipinski definition) is 2. The van der Waals surface area contributed by atoms with E-state index in [1.165, 1.54) is 55.3 Å². The predicted octanol–water partition coefficient (Wildman–Crippen LogP) is 3.08. The number of nitrogens with one attached hydrogen (secondary N) is 2. The number of fused-ring (bicyclic) bond motifs is 1. The third kappa shape index (κ3) is 2.47. The minimum Gasteiger partial charge on any atom is -0.385 e. The van der Waals surface area contributed by atoms with Crippen molar-refractivity contribution in [2.45, 2.75) is 51.1 Å². The van der Waals surface area contributed by atoms with Crippen molar-refractivity contribution in [2.75, 3.05) is 11.9 Å². The molecule has 1 fully saturated rings. The van der Waals surface area contributed by atoms with Gasteiger partial charge < -0.3 is 10.6 Å². The zero-order valence-electron chi connectivity index (χ0n) is 10.5. The van der Waals surface area contributed by atoms with E-state index in [1.54, 1.807) is 0 Å². The summed E-state index contributed by atoms with van der Waals surface area (Å²) < 4.78 is 0. The van der Waals surface area contributed by atoms with Crippen LogP contribution >= 0.6 is 0 Å². The molecule has 0 aromatic heterocycles. The van der Waals surface area contributed by atoms with Gasteiger partial charge in [0.25, 0.3) is 0 Å². The zero-order valence-corrected chi connectivity index (χ0v) is 10.5. The maximum absolute atomic E-state index is 3.71. The fraction of sp³-hybridized carbons (Fsp3) is 0.600. The predicted molar refractivity (Wildman–Crippen MR) is 72.3 cm³/mol. The van der Waals surface area contributed by atoms with Crippen LogP contribution in [0.1, 0.15) is 43.2 Å². The molecule has 92 valence electrons. The van der Waals surface area contributed by atoms with Crippen molar-refractivity contribution in [3.8, 4) is 0 Å². The van der Waals surface area contributed by atoms with Crippen molar-refractivity contribution < 1.29 is 0 Å². The first-order valence-corrected chi connectivity index (χ1v) is 7.01. The van der Waals surface area contributed by atoms with Gasteiger partial charge in [-0.2, -0.15) is 0 Å². The molecule has 0 bridgehead atoms. The Bertz CT molecular complexity index is 381. The Kier molecular flexibility index (Phi) is 3.32. The average molecular weight is 230 g/mol. The molecule has 1 heterocycles. The van der Waals surface area contributed by atoms with E-state index in [1.807, 2.05) is 0 Å². The molecule has 1 aliphatic heterocycles. The molecule has 17 heavy (non-hydrogen) atoms. The van der Waals surface area contributed by atoms with Crippen LogP contribution in [-0.4, -0.2) is 12.6 Å². The minimum atomic E-state index is 0.759. The average Bonchev–Trinajstić information content (AvgIpc) is 2.89. The van der Waals surface area contributed by atoms with Crippen molar-refractivity contribution in [1.82, 2.24) is 5.32 Å². The van der Waals surface area contributed by atoms with Gasteiger partial charge in [0.1, 0.15) is 0 Å². The van der Waals surface area contributed by atoms with Gasteiger partial charge in [-0.1, -0.05) is 31.0 Å². The van der Waals surface area contributed by atoms with Crippen molar-refractivity contribution >= 4 is 5.69 Å². The first-order chi connectivity index (χ1) is 8.43. The van der Waals surface area contributed by atoms with Crippen LogP contribution in [0.25, 0.3) is 0 Å². The summed E-state index contributed by atoms with van der Waals surface area (Å²) in [6.45, 7) is 2.16. The van der Waals surface area contributed by atoms with Crippen molar-refractivity contribution in [3.63, 3.8) is 0 Å². The lowest BCUT2D eigenvalue weighted by Crippen LogP contribution is -2.26. The van der Waals surface area contributed by atoms with E-state index in [0.29, 0.717) is 0 Å². The number of hydrogen-bond acceptors (Lipinski definition) is 2. The van der Waals surface area contributed by atoms with Crippen molar-refractivity contribution in [3.05, 3.63) is 29.3 Å². The lowest BCUT2D eigenvalue weighted by Gasteiger charge is -2.22. The second-order valence-electron chi connectivity index (χ2n) is 5.34. The van der Waals surface area contributed by atoms with Gasteiger partial charge in [-0.25, -0.2) is 0 Å². The fourth-order valence-electron chi connectivity index (χ4n) is 3.11. The smallest absolute Gasteiger partial charge is 0.0418 e. The Hall–Kier alpha value is -1.02. The lowest BCUT2D eigenvalue weighted by molar-refractivity contribution is 0.524. The number of rotatable bonds is 3. The van der Waals surface area contributed by atoms with Gasteiger partial charge in [-0.05, 0) is 36.8 Å². The summed E-state index contributed by atoms with van der Waals surface area (Å²) in [6, 6.07) is 7.49. The second kappa shape index (κ2) is 5.09. The van der Waals surface area contributed by atoms with Crippen LogP contribution in [0.3, 0.4) is 0 Å². The molecule has 2 nitrogen and oxygen atoms in total. The molecule has 1 aromatic rings. The van der Waals surface area contributed by atoms with Gasteiger partial charge in [0.2, 0.25) is 0 Å². The molecule has 0 spiro atoms. The number of para-hydroxylation sites is 1. The van der Waals surface area contributed by atoms with E-state index in [-0.39, 0.29) is 0 Å². The van der Waals surface area contributed by atoms with Crippen molar-refractivity contribution in [2.24, 2.45) is 0 Å². The molecule has 0 radical (unpaired) electrons. The summed E-state index contributed by atoms with van der Waals surface area (Å²) in [5, 5.41) is 7.27. The molecule has 1 aliphatic carbocycles. The Morgan fingerprint density at radius 2 is 2.06 bits per heavy atom. The Balaban J connectivity index is 1.69. The normalized spacial score (nSPS) is 20.0. The standard InChI is InChI=1S/C15H22N2/c1-2-9-14(8-1)17-11-13-6-3-5-12-7-4-10-16-15(12)13/h3,5-6,14,16-17H,1-2,4,7-11H2. The summed E-state index contributed by atoms with van der Waals surface area (Å²) in [6.07, 6.45) is 8.04. The third-order valence-corrected chi connectivity index (χ3v) is 4.10. The van der Waals surface area contributed by atoms with E-state index < -0.39 is 0 Å². The first kappa shape index (κ1) is 11.1. The monoisotopic (exact) mass is 230 g/mol. The summed E-state index contributed by atoms with van der Waals surface area (Å²) in [4.78, 5) is 0. The van der Waals surface area contributed by atoms with Crippen LogP contribution in [0.4, 0.5) is 5.69 Å². The number of aryl methyl sites for hydroxylation is 1. The van der Waals surface area contributed by atoms with E-state index in [0.717, 1.165) is 19.1 Å². The molecule has 0 saturated heterocycles. The van der Waals surface area contributed by atoms with Crippen LogP contribution < -0.4 is 10.6 Å². The van der Waals surface area contributed by atoms with E-state index >= 15 is 0 Å². The molecule has 2 aliphatic rings. The fourth-order valence-corrected chi connectivity index (χ4v) is 3.11. The van der Waals surface area contributed by atoms with Crippen LogP contribution in [0.15, 0.2) is 18.2 Å². The largest absolute Gasteiger partial charge is 0.385 e. The first-order valence-electron chi connectivity index (χ1n) is 7.01. The molecule has 0 unspecified atom stereocenters. The summed E-state index contributed by atoms with van der Waals surface area (Å²) in [5.74, 6) is 0. The van der Waals surface area contributed by atoms with Crippen LogP contribution in [0, 0.1) is 0 Å². The Labute approximate surface area is 104 Å². The molecule has 0 amide bonds. The second-order valence-corrected chi connectivity index (χ2v) is 5.34. The molecule has 0 atom stereocenters. The summed E-state index contributed by atoms with van der Waals surface area (Å²) >= 11 is 0. The lowest BCUT2D eigenvalue weighted by atomic mass is 9.99. The molecule has 2 heteroatoms. The zero-order chi connectivity index (χ0) is 11.5. The summed E-state index contributed by atoms with van der Waals surface area (Å²) in [5.41, 5.74) is 4.36. The minimum absolute atomic E-state index is 0.759. The van der Waals surface area contributed by atoms with Crippen LogP contribution in [0.2, 0.25) is 0 Å². The topological polar surface area (TPSA) is 24.1 Å². The molecular formula is C15H22N2. The SMILES string of the molecule is c1cc2c(c(CNC3CCCC3)c1)NCCC2. The van der Waals surface area contributed by atoms with Gasteiger partial charge in [0.15, 0.2) is 0 Å². The number of anilines is 1. The highest BCUT2D eigenvalue weighted by Gasteiger charge is 2.16. The van der Waals surface area contributed by atoms with E-state index in [4.69, 9.17) is 0 Å². The van der Waals surface area contributed by atoms with Crippen molar-refractivity contribution in [1.29, 1.82) is 0 Å². The van der Waals surface area contributed by atoms with E-state index in [9.17, 15) is 0 Å². The van der Waals surface area contributed by atoms with E-state index in [2.05, 4.69) is 28.8 Å². The molecule has 1 saturated carbocycles. The maximum Gasteiger partial charge on any atom is 0.0418 e. The Morgan fingerprint density at radius 1 is 1.18 bits per heavy atom. The Morgan fingerprint density at radius 3 is 2.94 bits per heavy atom. The molecule has 1 aromatic carbocycles. The number of benzene rings is 1. The highest BCUT2D eigenvalue weighted by atomic mass is 14.9. The third-order valence-electron chi connectivity index (χ3n) is 4.10. The quantitative estimate of drug-likeness (QED) is 0.834. The van der Waals surface area contributed by atoms with Gasteiger partial charge in [0.05, 0.1) is 0 Å². The van der Waals surface area contributed by atoms with Gasteiger partial charge >= 0.3 is 0 Å².